The van der Waals surface area contributed by atoms with Crippen LogP contribution in [0, 0.1) is 0 Å². The summed E-state index contributed by atoms with van der Waals surface area (Å²) in [4.78, 5) is 14.6. The topological polar surface area (TPSA) is 59.4 Å². The van der Waals surface area contributed by atoms with Crippen LogP contribution in [0.1, 0.15) is 30.1 Å². The van der Waals surface area contributed by atoms with Crippen molar-refractivity contribution in [2.24, 2.45) is 0 Å². The first-order valence-electron chi connectivity index (χ1n) is 4.67. The summed E-state index contributed by atoms with van der Waals surface area (Å²) in [5.41, 5.74) is 0.0122. The SMILES string of the molecule is CCCCOc1nccc(C(=O)O)c1Cl. The average Bonchev–Trinajstić information content (AvgIpc) is 2.20. The maximum Gasteiger partial charge on any atom is 0.337 e. The Kier molecular flexibility index (Phi) is 4.37. The molecule has 0 aliphatic heterocycles. The van der Waals surface area contributed by atoms with Crippen molar-refractivity contribution in [3.05, 3.63) is 22.8 Å². The van der Waals surface area contributed by atoms with E-state index in [0.29, 0.717) is 6.61 Å². The minimum atomic E-state index is -1.08. The molecule has 82 valence electrons. The van der Waals surface area contributed by atoms with E-state index in [1.54, 1.807) is 0 Å². The molecule has 1 N–H and O–H groups in total. The lowest BCUT2D eigenvalue weighted by atomic mass is 10.3. The van der Waals surface area contributed by atoms with Gasteiger partial charge in [0.1, 0.15) is 5.02 Å². The third-order valence-corrected chi connectivity index (χ3v) is 2.19. The van der Waals surface area contributed by atoms with Crippen LogP contribution in [0.4, 0.5) is 0 Å². The molecule has 0 fully saturated rings. The van der Waals surface area contributed by atoms with Crippen molar-refractivity contribution in [1.29, 1.82) is 0 Å². The number of halogens is 1. The fraction of sp³-hybridized carbons (Fsp3) is 0.400. The summed E-state index contributed by atoms with van der Waals surface area (Å²) in [5.74, 6) is -0.896. The smallest absolute Gasteiger partial charge is 0.337 e. The lowest BCUT2D eigenvalue weighted by Gasteiger charge is -2.07. The molecule has 1 rings (SSSR count). The Morgan fingerprint density at radius 2 is 2.40 bits per heavy atom. The highest BCUT2D eigenvalue weighted by atomic mass is 35.5. The predicted octanol–water partition coefficient (Wildman–Crippen LogP) is 2.61. The van der Waals surface area contributed by atoms with Crippen molar-refractivity contribution in [2.75, 3.05) is 6.61 Å². The largest absolute Gasteiger partial charge is 0.478 e. The van der Waals surface area contributed by atoms with Crippen molar-refractivity contribution in [1.82, 2.24) is 4.98 Å². The molecule has 0 amide bonds. The molecule has 0 spiro atoms. The second-order valence-electron chi connectivity index (χ2n) is 2.98. The monoisotopic (exact) mass is 229 g/mol. The Balaban J connectivity index is 2.80. The summed E-state index contributed by atoms with van der Waals surface area (Å²) >= 11 is 5.81. The molecule has 1 aromatic heterocycles. The third-order valence-electron chi connectivity index (χ3n) is 1.82. The molecule has 15 heavy (non-hydrogen) atoms. The van der Waals surface area contributed by atoms with Gasteiger partial charge in [0.15, 0.2) is 0 Å². The van der Waals surface area contributed by atoms with E-state index in [-0.39, 0.29) is 16.5 Å². The van der Waals surface area contributed by atoms with Gasteiger partial charge in [0, 0.05) is 6.20 Å². The van der Waals surface area contributed by atoms with E-state index in [4.69, 9.17) is 21.4 Å². The van der Waals surface area contributed by atoms with Crippen LogP contribution >= 0.6 is 11.6 Å². The first-order valence-corrected chi connectivity index (χ1v) is 5.05. The van der Waals surface area contributed by atoms with Gasteiger partial charge in [0.2, 0.25) is 5.88 Å². The van der Waals surface area contributed by atoms with Crippen LogP contribution in [0.2, 0.25) is 5.02 Å². The van der Waals surface area contributed by atoms with E-state index in [1.165, 1.54) is 12.3 Å². The highest BCUT2D eigenvalue weighted by Crippen LogP contribution is 2.25. The van der Waals surface area contributed by atoms with Gasteiger partial charge in [-0.05, 0) is 12.5 Å². The molecule has 4 nitrogen and oxygen atoms in total. The van der Waals surface area contributed by atoms with Gasteiger partial charge in [-0.1, -0.05) is 24.9 Å². The van der Waals surface area contributed by atoms with Gasteiger partial charge in [-0.25, -0.2) is 9.78 Å². The predicted molar refractivity (Wildman–Crippen MR) is 56.6 cm³/mol. The van der Waals surface area contributed by atoms with Gasteiger partial charge < -0.3 is 9.84 Å². The zero-order valence-electron chi connectivity index (χ0n) is 8.36. The van der Waals surface area contributed by atoms with Gasteiger partial charge in [-0.15, -0.1) is 0 Å². The first-order chi connectivity index (χ1) is 7.16. The summed E-state index contributed by atoms with van der Waals surface area (Å²) in [6.07, 6.45) is 3.25. The molecular formula is C10H12ClNO3. The minimum absolute atomic E-state index is 0.0122. The highest BCUT2D eigenvalue weighted by Gasteiger charge is 2.13. The molecule has 0 saturated heterocycles. The molecule has 5 heteroatoms. The van der Waals surface area contributed by atoms with Crippen LogP contribution in [0.25, 0.3) is 0 Å². The highest BCUT2D eigenvalue weighted by molar-refractivity contribution is 6.34. The molecule has 0 atom stereocenters. The van der Waals surface area contributed by atoms with Crippen molar-refractivity contribution in [3.63, 3.8) is 0 Å². The van der Waals surface area contributed by atoms with E-state index >= 15 is 0 Å². The van der Waals surface area contributed by atoms with Gasteiger partial charge in [-0.2, -0.15) is 0 Å². The minimum Gasteiger partial charge on any atom is -0.478 e. The number of aromatic carboxylic acids is 1. The quantitative estimate of drug-likeness (QED) is 0.789. The van der Waals surface area contributed by atoms with Crippen molar-refractivity contribution >= 4 is 17.6 Å². The number of ether oxygens (including phenoxy) is 1. The van der Waals surface area contributed by atoms with E-state index in [1.807, 2.05) is 6.92 Å². The van der Waals surface area contributed by atoms with Crippen LogP contribution in [-0.4, -0.2) is 22.7 Å². The van der Waals surface area contributed by atoms with Gasteiger partial charge >= 0.3 is 5.97 Å². The molecule has 0 aliphatic carbocycles. The van der Waals surface area contributed by atoms with E-state index < -0.39 is 5.97 Å². The standard InChI is InChI=1S/C10H12ClNO3/c1-2-3-6-15-9-8(11)7(10(13)14)4-5-12-9/h4-5H,2-3,6H2,1H3,(H,13,14). The van der Waals surface area contributed by atoms with E-state index in [2.05, 4.69) is 4.98 Å². The van der Waals surface area contributed by atoms with Crippen LogP contribution < -0.4 is 4.74 Å². The summed E-state index contributed by atoms with van der Waals surface area (Å²) < 4.78 is 5.26. The average molecular weight is 230 g/mol. The Bertz CT molecular complexity index is 355. The summed E-state index contributed by atoms with van der Waals surface area (Å²) in [6.45, 7) is 2.53. The molecule has 0 radical (unpaired) electrons. The zero-order valence-corrected chi connectivity index (χ0v) is 9.12. The van der Waals surface area contributed by atoms with Crippen LogP contribution in [0.5, 0.6) is 5.88 Å². The number of carbonyl (C=O) groups is 1. The summed E-state index contributed by atoms with van der Waals surface area (Å²) in [5, 5.41) is 8.85. The summed E-state index contributed by atoms with van der Waals surface area (Å²) in [6, 6.07) is 1.34. The molecule has 1 aromatic rings. The fourth-order valence-corrected chi connectivity index (χ4v) is 1.25. The number of hydrogen-bond donors (Lipinski definition) is 1. The maximum atomic E-state index is 10.7. The molecule has 0 aromatic carbocycles. The Morgan fingerprint density at radius 1 is 1.67 bits per heavy atom. The van der Waals surface area contributed by atoms with Crippen molar-refractivity contribution in [3.8, 4) is 5.88 Å². The van der Waals surface area contributed by atoms with Crippen molar-refractivity contribution < 1.29 is 14.6 Å². The normalized spacial score (nSPS) is 10.0. The fourth-order valence-electron chi connectivity index (χ4n) is 1.00. The molecule has 0 unspecified atom stereocenters. The van der Waals surface area contributed by atoms with Crippen LogP contribution in [0.15, 0.2) is 12.3 Å². The Morgan fingerprint density at radius 3 is 3.00 bits per heavy atom. The zero-order chi connectivity index (χ0) is 11.3. The third kappa shape index (κ3) is 3.09. The maximum absolute atomic E-state index is 10.7. The van der Waals surface area contributed by atoms with E-state index in [9.17, 15) is 4.79 Å². The number of pyridine rings is 1. The number of hydrogen-bond acceptors (Lipinski definition) is 3. The van der Waals surface area contributed by atoms with Gasteiger partial charge in [0.05, 0.1) is 12.2 Å². The first kappa shape index (κ1) is 11.8. The van der Waals surface area contributed by atoms with Gasteiger partial charge in [0.25, 0.3) is 0 Å². The molecule has 1 heterocycles. The second kappa shape index (κ2) is 5.56. The molecule has 0 saturated carbocycles. The molecule has 0 bridgehead atoms. The van der Waals surface area contributed by atoms with Crippen molar-refractivity contribution in [2.45, 2.75) is 19.8 Å². The number of rotatable bonds is 5. The Labute approximate surface area is 92.8 Å². The molecule has 0 aliphatic rings. The van der Waals surface area contributed by atoms with Gasteiger partial charge in [-0.3, -0.25) is 0 Å². The second-order valence-corrected chi connectivity index (χ2v) is 3.36. The van der Waals surface area contributed by atoms with Crippen LogP contribution in [-0.2, 0) is 0 Å². The molecular weight excluding hydrogens is 218 g/mol. The number of nitrogens with zero attached hydrogens (tertiary/aromatic N) is 1. The number of carboxylic acid groups (broad SMARTS) is 1. The number of carboxylic acids is 1. The van der Waals surface area contributed by atoms with Crippen LogP contribution in [0.3, 0.4) is 0 Å². The number of aromatic nitrogens is 1. The number of unbranched alkanes of at least 4 members (excludes halogenated alkanes) is 1. The Hall–Kier alpha value is -1.29. The summed E-state index contributed by atoms with van der Waals surface area (Å²) in [7, 11) is 0. The lowest BCUT2D eigenvalue weighted by molar-refractivity contribution is 0.0696. The van der Waals surface area contributed by atoms with E-state index in [0.717, 1.165) is 12.8 Å². The lowest BCUT2D eigenvalue weighted by Crippen LogP contribution is -2.03.